The van der Waals surface area contributed by atoms with E-state index in [1.54, 1.807) is 0 Å². The van der Waals surface area contributed by atoms with Crippen LogP contribution in [0.25, 0.3) is 0 Å². The van der Waals surface area contributed by atoms with Crippen molar-refractivity contribution in [3.63, 3.8) is 0 Å². The molecule has 0 aromatic rings. The molecule has 0 radical (unpaired) electrons. The van der Waals surface area contributed by atoms with E-state index < -0.39 is 0 Å². The van der Waals surface area contributed by atoms with Gasteiger partial charge in [-0.3, -0.25) is 15.0 Å². The molecule has 1 atom stereocenters. The zero-order chi connectivity index (χ0) is 14.5. The molecule has 0 aromatic carbocycles. The summed E-state index contributed by atoms with van der Waals surface area (Å²) in [5.74, 6) is 2.04. The van der Waals surface area contributed by atoms with Gasteiger partial charge in [-0.05, 0) is 38.8 Å². The summed E-state index contributed by atoms with van der Waals surface area (Å²) in [6.45, 7) is 3.31. The molecule has 120 valence electrons. The second-order valence-corrected chi connectivity index (χ2v) is 7.85. The third kappa shape index (κ3) is 3.74. The number of amides is 1. The van der Waals surface area contributed by atoms with Crippen molar-refractivity contribution in [3.05, 3.63) is 0 Å². The molecule has 1 saturated carbocycles. The highest BCUT2D eigenvalue weighted by Crippen LogP contribution is 2.35. The first-order valence-corrected chi connectivity index (χ1v) is 9.80. The molecule has 1 aliphatic carbocycles. The third-order valence-electron chi connectivity index (χ3n) is 5.44. The summed E-state index contributed by atoms with van der Waals surface area (Å²) in [7, 11) is 0. The van der Waals surface area contributed by atoms with E-state index >= 15 is 0 Å². The SMILES string of the molecule is O=C(NCC1(N2CCCCC2)CCCCC1)C1CSCN1. The summed E-state index contributed by atoms with van der Waals surface area (Å²) in [6.07, 6.45) is 10.6. The molecule has 2 N–H and O–H groups in total. The lowest BCUT2D eigenvalue weighted by atomic mass is 9.79. The maximum atomic E-state index is 12.3. The van der Waals surface area contributed by atoms with Gasteiger partial charge in [0.15, 0.2) is 0 Å². The van der Waals surface area contributed by atoms with Crippen LogP contribution in [-0.4, -0.2) is 53.7 Å². The van der Waals surface area contributed by atoms with Gasteiger partial charge in [-0.25, -0.2) is 0 Å². The van der Waals surface area contributed by atoms with Crippen LogP contribution in [0.4, 0.5) is 0 Å². The van der Waals surface area contributed by atoms with Crippen LogP contribution in [-0.2, 0) is 4.79 Å². The van der Waals surface area contributed by atoms with Gasteiger partial charge in [0.25, 0.3) is 0 Å². The molecule has 0 spiro atoms. The first-order chi connectivity index (χ1) is 10.3. The maximum absolute atomic E-state index is 12.3. The molecular weight excluding hydrogens is 282 g/mol. The standard InChI is InChI=1S/C16H29N3OS/c20-15(14-11-21-13-18-14)17-12-16(7-3-1-4-8-16)19-9-5-2-6-10-19/h14,18H,1-13H2,(H,17,20). The van der Waals surface area contributed by atoms with Gasteiger partial charge in [0.05, 0.1) is 6.04 Å². The second kappa shape index (κ2) is 7.34. The van der Waals surface area contributed by atoms with Gasteiger partial charge in [0, 0.05) is 23.7 Å². The Morgan fingerprint density at radius 3 is 2.52 bits per heavy atom. The number of carbonyl (C=O) groups is 1. The Balaban J connectivity index is 1.60. The fourth-order valence-corrected chi connectivity index (χ4v) is 5.06. The summed E-state index contributed by atoms with van der Waals surface area (Å²) >= 11 is 1.82. The topological polar surface area (TPSA) is 44.4 Å². The molecule has 3 rings (SSSR count). The largest absolute Gasteiger partial charge is 0.353 e. The van der Waals surface area contributed by atoms with Crippen LogP contribution < -0.4 is 10.6 Å². The Morgan fingerprint density at radius 2 is 1.86 bits per heavy atom. The van der Waals surface area contributed by atoms with Crippen molar-refractivity contribution in [1.82, 2.24) is 15.5 Å². The van der Waals surface area contributed by atoms with Crippen LogP contribution >= 0.6 is 11.8 Å². The lowest BCUT2D eigenvalue weighted by molar-refractivity contribution is -0.123. The van der Waals surface area contributed by atoms with Crippen molar-refractivity contribution in [2.75, 3.05) is 31.3 Å². The number of hydrogen-bond donors (Lipinski definition) is 2. The highest BCUT2D eigenvalue weighted by Gasteiger charge is 2.39. The molecule has 21 heavy (non-hydrogen) atoms. The third-order valence-corrected chi connectivity index (χ3v) is 6.38. The van der Waals surface area contributed by atoms with Crippen LogP contribution in [0.5, 0.6) is 0 Å². The number of carbonyl (C=O) groups excluding carboxylic acids is 1. The average molecular weight is 311 g/mol. The van der Waals surface area contributed by atoms with E-state index in [9.17, 15) is 4.79 Å². The van der Waals surface area contributed by atoms with Gasteiger partial charge >= 0.3 is 0 Å². The Kier molecular flexibility index (Phi) is 5.46. The molecule has 3 aliphatic rings. The molecule has 1 unspecified atom stereocenters. The Hall–Kier alpha value is -0.260. The minimum absolute atomic E-state index is 0.0250. The number of nitrogens with zero attached hydrogens (tertiary/aromatic N) is 1. The molecule has 2 saturated heterocycles. The van der Waals surface area contributed by atoms with Gasteiger partial charge in [0.2, 0.25) is 5.91 Å². The molecule has 3 fully saturated rings. The molecule has 0 aromatic heterocycles. The Labute approximate surface area is 132 Å². The quantitative estimate of drug-likeness (QED) is 0.833. The highest BCUT2D eigenvalue weighted by atomic mass is 32.2. The van der Waals surface area contributed by atoms with Gasteiger partial charge in [-0.15, -0.1) is 11.8 Å². The Morgan fingerprint density at radius 1 is 1.14 bits per heavy atom. The number of thioether (sulfide) groups is 1. The summed E-state index contributed by atoms with van der Waals surface area (Å²) in [4.78, 5) is 15.0. The normalized spacial score (nSPS) is 30.2. The van der Waals surface area contributed by atoms with Crippen LogP contribution in [0.1, 0.15) is 51.4 Å². The Bertz CT molecular complexity index is 345. The summed E-state index contributed by atoms with van der Waals surface area (Å²) in [6, 6.07) is 0.0250. The molecule has 5 heteroatoms. The minimum atomic E-state index is 0.0250. The highest BCUT2D eigenvalue weighted by molar-refractivity contribution is 7.99. The lowest BCUT2D eigenvalue weighted by Gasteiger charge is -2.48. The lowest BCUT2D eigenvalue weighted by Crippen LogP contribution is -2.59. The molecule has 0 bridgehead atoms. The van der Waals surface area contributed by atoms with E-state index in [1.165, 1.54) is 64.5 Å². The fourth-order valence-electron chi connectivity index (χ4n) is 4.12. The van der Waals surface area contributed by atoms with Crippen LogP contribution in [0.15, 0.2) is 0 Å². The first-order valence-electron chi connectivity index (χ1n) is 8.64. The van der Waals surface area contributed by atoms with E-state index in [1.807, 2.05) is 11.8 Å². The van der Waals surface area contributed by atoms with Crippen LogP contribution in [0.2, 0.25) is 0 Å². The van der Waals surface area contributed by atoms with Gasteiger partial charge in [-0.2, -0.15) is 0 Å². The van der Waals surface area contributed by atoms with Crippen molar-refractivity contribution < 1.29 is 4.79 Å². The zero-order valence-electron chi connectivity index (χ0n) is 13.0. The van der Waals surface area contributed by atoms with Gasteiger partial charge < -0.3 is 5.32 Å². The van der Waals surface area contributed by atoms with Gasteiger partial charge in [-0.1, -0.05) is 25.7 Å². The van der Waals surface area contributed by atoms with Crippen LogP contribution in [0.3, 0.4) is 0 Å². The first kappa shape index (κ1) is 15.6. The predicted molar refractivity (Wildman–Crippen MR) is 88.5 cm³/mol. The number of rotatable bonds is 4. The van der Waals surface area contributed by atoms with Crippen molar-refractivity contribution in [2.24, 2.45) is 0 Å². The van der Waals surface area contributed by atoms with Crippen molar-refractivity contribution in [1.29, 1.82) is 0 Å². The molecule has 4 nitrogen and oxygen atoms in total. The number of hydrogen-bond acceptors (Lipinski definition) is 4. The maximum Gasteiger partial charge on any atom is 0.238 e. The molecule has 2 heterocycles. The summed E-state index contributed by atoms with van der Waals surface area (Å²) in [5, 5.41) is 6.55. The molecule has 2 aliphatic heterocycles. The van der Waals surface area contributed by atoms with E-state index in [0.29, 0.717) is 0 Å². The molecular formula is C16H29N3OS. The van der Waals surface area contributed by atoms with Crippen molar-refractivity contribution in [3.8, 4) is 0 Å². The smallest absolute Gasteiger partial charge is 0.238 e. The van der Waals surface area contributed by atoms with Crippen molar-refractivity contribution in [2.45, 2.75) is 62.9 Å². The fraction of sp³-hybridized carbons (Fsp3) is 0.938. The minimum Gasteiger partial charge on any atom is -0.353 e. The molecule has 1 amide bonds. The predicted octanol–water partition coefficient (Wildman–Crippen LogP) is 1.95. The van der Waals surface area contributed by atoms with Crippen molar-refractivity contribution >= 4 is 17.7 Å². The number of piperidine rings is 1. The van der Waals surface area contributed by atoms with Gasteiger partial charge in [0.1, 0.15) is 0 Å². The zero-order valence-corrected chi connectivity index (χ0v) is 13.8. The average Bonchev–Trinajstić information content (AvgIpc) is 3.09. The summed E-state index contributed by atoms with van der Waals surface area (Å²) < 4.78 is 0. The van der Waals surface area contributed by atoms with E-state index in [2.05, 4.69) is 15.5 Å². The van der Waals surface area contributed by atoms with E-state index in [0.717, 1.165) is 18.2 Å². The monoisotopic (exact) mass is 311 g/mol. The van der Waals surface area contributed by atoms with E-state index in [-0.39, 0.29) is 17.5 Å². The summed E-state index contributed by atoms with van der Waals surface area (Å²) in [5.41, 5.74) is 0.250. The number of likely N-dealkylation sites (tertiary alicyclic amines) is 1. The second-order valence-electron chi connectivity index (χ2n) is 6.82. The number of nitrogens with one attached hydrogen (secondary N) is 2. The van der Waals surface area contributed by atoms with E-state index in [4.69, 9.17) is 0 Å². The van der Waals surface area contributed by atoms with Crippen LogP contribution in [0, 0.1) is 0 Å².